The molecule has 6 unspecified atom stereocenters. The summed E-state index contributed by atoms with van der Waals surface area (Å²) in [4.78, 5) is 0. The Labute approximate surface area is 192 Å². The molecule has 1 aromatic rings. The lowest BCUT2D eigenvalue weighted by molar-refractivity contribution is -0.0206. The van der Waals surface area contributed by atoms with Crippen LogP contribution < -0.4 is 10.1 Å². The van der Waals surface area contributed by atoms with Gasteiger partial charge in [0.25, 0.3) is 6.43 Å². The van der Waals surface area contributed by atoms with Gasteiger partial charge in [-0.25, -0.2) is 13.2 Å². The van der Waals surface area contributed by atoms with Gasteiger partial charge in [-0.2, -0.15) is 0 Å². The van der Waals surface area contributed by atoms with Crippen LogP contribution in [0.1, 0.15) is 49.3 Å². The topological polar surface area (TPSA) is 61.7 Å². The van der Waals surface area contributed by atoms with E-state index < -0.39 is 36.1 Å². The maximum Gasteiger partial charge on any atom is 0.266 e. The van der Waals surface area contributed by atoms with Crippen LogP contribution in [-0.2, 0) is 6.54 Å². The summed E-state index contributed by atoms with van der Waals surface area (Å²) in [6.07, 6.45) is 3.96. The number of ether oxygens (including phenoxy) is 1. The number of hydrogen-bond donors (Lipinski definition) is 3. The maximum absolute atomic E-state index is 14.8. The lowest BCUT2D eigenvalue weighted by atomic mass is 9.89. The standard InChI is InChI=1S/C26H30F3NO3/c1-4-5-13(2)15-6-7-16(8-15)17-9-21(25(32)24(17)31)33-20-10-18(26(28)29)23(27)22-14(3)11-30-12-19(20)22/h4-8,10,14,16-17,21,24-26,30-32H,1,9,11-12H2,2-3H3/b13-5-. The first-order valence-corrected chi connectivity index (χ1v) is 11.3. The first-order valence-electron chi connectivity index (χ1n) is 11.3. The summed E-state index contributed by atoms with van der Waals surface area (Å²) in [6, 6.07) is 1.04. The molecular weight excluding hydrogens is 431 g/mol. The van der Waals surface area contributed by atoms with E-state index in [9.17, 15) is 23.4 Å². The third-order valence-corrected chi connectivity index (χ3v) is 7.02. The summed E-state index contributed by atoms with van der Waals surface area (Å²) in [6.45, 7) is 8.22. The van der Waals surface area contributed by atoms with Crippen molar-refractivity contribution in [1.29, 1.82) is 0 Å². The average Bonchev–Trinajstić information content (AvgIpc) is 3.36. The van der Waals surface area contributed by atoms with Crippen LogP contribution in [0.3, 0.4) is 0 Å². The second-order valence-corrected chi connectivity index (χ2v) is 9.18. The van der Waals surface area contributed by atoms with Gasteiger partial charge < -0.3 is 20.3 Å². The van der Waals surface area contributed by atoms with Crippen LogP contribution in [0.2, 0.25) is 0 Å². The Morgan fingerprint density at radius 1 is 1.30 bits per heavy atom. The SMILES string of the molecule is C=C/C=C(/C)C1=CC(C2CC(Oc3cc(C(F)F)c(F)c4c3CNCC4C)C(O)C2O)C=C1. The van der Waals surface area contributed by atoms with Gasteiger partial charge in [0.1, 0.15) is 23.8 Å². The Morgan fingerprint density at radius 3 is 2.76 bits per heavy atom. The number of rotatable bonds is 6. The monoisotopic (exact) mass is 461 g/mol. The minimum atomic E-state index is -2.98. The molecule has 1 aromatic carbocycles. The highest BCUT2D eigenvalue weighted by atomic mass is 19.3. The van der Waals surface area contributed by atoms with Crippen LogP contribution >= 0.6 is 0 Å². The van der Waals surface area contributed by atoms with Crippen LogP contribution in [-0.4, -0.2) is 35.1 Å². The minimum Gasteiger partial charge on any atom is -0.487 e. The zero-order chi connectivity index (χ0) is 23.9. The van der Waals surface area contributed by atoms with Gasteiger partial charge in [0.05, 0.1) is 11.7 Å². The molecule has 0 amide bonds. The molecule has 0 spiro atoms. The van der Waals surface area contributed by atoms with Gasteiger partial charge in [0.2, 0.25) is 0 Å². The van der Waals surface area contributed by atoms with Crippen LogP contribution in [0.5, 0.6) is 5.75 Å². The van der Waals surface area contributed by atoms with Gasteiger partial charge in [-0.15, -0.1) is 0 Å². The van der Waals surface area contributed by atoms with Crippen LogP contribution in [0.4, 0.5) is 13.2 Å². The van der Waals surface area contributed by atoms with Gasteiger partial charge in [0.15, 0.2) is 0 Å². The summed E-state index contributed by atoms with van der Waals surface area (Å²) in [5.41, 5.74) is 2.11. The predicted octanol–water partition coefficient (Wildman–Crippen LogP) is 4.70. The zero-order valence-corrected chi connectivity index (χ0v) is 18.8. The van der Waals surface area contributed by atoms with Crippen molar-refractivity contribution in [3.05, 3.63) is 76.7 Å². The van der Waals surface area contributed by atoms with E-state index in [0.717, 1.165) is 17.2 Å². The third kappa shape index (κ3) is 4.42. The number of allylic oxidation sites excluding steroid dienone is 7. The van der Waals surface area contributed by atoms with Crippen LogP contribution in [0.25, 0.3) is 0 Å². The highest BCUT2D eigenvalue weighted by molar-refractivity contribution is 5.49. The fraction of sp³-hybridized carbons (Fsp3) is 0.462. The second-order valence-electron chi connectivity index (χ2n) is 9.18. The summed E-state index contributed by atoms with van der Waals surface area (Å²) in [7, 11) is 0. The molecule has 1 heterocycles. The third-order valence-electron chi connectivity index (χ3n) is 7.02. The summed E-state index contributed by atoms with van der Waals surface area (Å²) >= 11 is 0. The van der Waals surface area contributed by atoms with Crippen molar-refractivity contribution >= 4 is 0 Å². The number of aliphatic hydroxyl groups excluding tert-OH is 2. The quantitative estimate of drug-likeness (QED) is 0.538. The zero-order valence-electron chi connectivity index (χ0n) is 18.8. The van der Waals surface area contributed by atoms with Crippen molar-refractivity contribution in [2.45, 2.75) is 57.5 Å². The van der Waals surface area contributed by atoms with Gasteiger partial charge in [0, 0.05) is 36.1 Å². The van der Waals surface area contributed by atoms with Crippen LogP contribution in [0.15, 0.2) is 54.2 Å². The molecule has 7 heteroatoms. The van der Waals surface area contributed by atoms with E-state index in [-0.39, 0.29) is 35.6 Å². The van der Waals surface area contributed by atoms with Crippen LogP contribution in [0, 0.1) is 17.7 Å². The van der Waals surface area contributed by atoms with E-state index in [1.165, 1.54) is 0 Å². The van der Waals surface area contributed by atoms with Gasteiger partial charge >= 0.3 is 0 Å². The van der Waals surface area contributed by atoms with E-state index in [4.69, 9.17) is 4.74 Å². The van der Waals surface area contributed by atoms with Crippen molar-refractivity contribution in [1.82, 2.24) is 5.32 Å². The van der Waals surface area contributed by atoms with E-state index in [1.54, 1.807) is 13.0 Å². The fourth-order valence-electron chi connectivity index (χ4n) is 5.21. The lowest BCUT2D eigenvalue weighted by Gasteiger charge is -2.29. The molecule has 2 aliphatic carbocycles. The van der Waals surface area contributed by atoms with Crippen molar-refractivity contribution in [3.63, 3.8) is 0 Å². The minimum absolute atomic E-state index is 0.0909. The molecule has 4 nitrogen and oxygen atoms in total. The fourth-order valence-corrected chi connectivity index (χ4v) is 5.21. The van der Waals surface area contributed by atoms with E-state index in [2.05, 4.69) is 11.9 Å². The van der Waals surface area contributed by atoms with Crippen molar-refractivity contribution in [3.8, 4) is 5.75 Å². The Kier molecular flexibility index (Phi) is 6.84. The molecule has 4 rings (SSSR count). The molecule has 0 aromatic heterocycles. The van der Waals surface area contributed by atoms with Gasteiger partial charge in [-0.3, -0.25) is 0 Å². The second kappa shape index (κ2) is 9.49. The molecule has 3 N–H and O–H groups in total. The average molecular weight is 462 g/mol. The number of nitrogens with one attached hydrogen (secondary N) is 1. The van der Waals surface area contributed by atoms with Crippen molar-refractivity contribution in [2.75, 3.05) is 6.54 Å². The Balaban J connectivity index is 1.60. The lowest BCUT2D eigenvalue weighted by Crippen LogP contribution is -2.35. The largest absolute Gasteiger partial charge is 0.487 e. The first-order chi connectivity index (χ1) is 15.7. The molecule has 0 radical (unpaired) electrons. The number of alkyl halides is 2. The Bertz CT molecular complexity index is 1020. The van der Waals surface area contributed by atoms with E-state index >= 15 is 0 Å². The molecule has 3 aliphatic rings. The highest BCUT2D eigenvalue weighted by Crippen LogP contribution is 2.43. The van der Waals surface area contributed by atoms with Gasteiger partial charge in [-0.05, 0) is 36.5 Å². The summed E-state index contributed by atoms with van der Waals surface area (Å²) in [5, 5.41) is 24.6. The number of fused-ring (bicyclic) bond motifs is 1. The van der Waals surface area contributed by atoms with Gasteiger partial charge in [-0.1, -0.05) is 43.9 Å². The molecule has 178 valence electrons. The smallest absolute Gasteiger partial charge is 0.266 e. The van der Waals surface area contributed by atoms with Crippen molar-refractivity contribution in [2.24, 2.45) is 11.8 Å². The number of benzene rings is 1. The Morgan fingerprint density at radius 2 is 2.06 bits per heavy atom. The Hall–Kier alpha value is -2.35. The number of halogens is 3. The number of hydrogen-bond acceptors (Lipinski definition) is 4. The molecule has 0 bridgehead atoms. The molecule has 1 fully saturated rings. The molecule has 33 heavy (non-hydrogen) atoms. The summed E-state index contributed by atoms with van der Waals surface area (Å²) in [5.74, 6) is -1.42. The molecular formula is C26H30F3NO3. The maximum atomic E-state index is 14.8. The first kappa shape index (κ1) is 23.8. The van der Waals surface area contributed by atoms with E-state index in [1.807, 2.05) is 31.2 Å². The predicted molar refractivity (Wildman–Crippen MR) is 121 cm³/mol. The van der Waals surface area contributed by atoms with Crippen molar-refractivity contribution < 1.29 is 28.1 Å². The number of aliphatic hydroxyl groups is 2. The highest BCUT2D eigenvalue weighted by Gasteiger charge is 2.46. The molecule has 1 aliphatic heterocycles. The van der Waals surface area contributed by atoms with E-state index in [0.29, 0.717) is 18.5 Å². The molecule has 6 atom stereocenters. The summed E-state index contributed by atoms with van der Waals surface area (Å²) < 4.78 is 48.0. The molecule has 0 saturated heterocycles. The normalized spacial score (nSPS) is 31.6. The molecule has 1 saturated carbocycles.